The second-order valence-electron chi connectivity index (χ2n) is 4.34. The highest BCUT2D eigenvalue weighted by atomic mass is 14.9. The van der Waals surface area contributed by atoms with Crippen LogP contribution in [0.3, 0.4) is 0 Å². The summed E-state index contributed by atoms with van der Waals surface area (Å²) in [4.78, 5) is 13.2. The van der Waals surface area contributed by atoms with E-state index < -0.39 is 0 Å². The lowest BCUT2D eigenvalue weighted by Gasteiger charge is -2.08. The van der Waals surface area contributed by atoms with Crippen molar-refractivity contribution < 1.29 is 0 Å². The summed E-state index contributed by atoms with van der Waals surface area (Å²) >= 11 is 0. The molecule has 4 heteroatoms. The normalized spacial score (nSPS) is 10.6. The highest BCUT2D eigenvalue weighted by Gasteiger charge is 2.01. The second kappa shape index (κ2) is 5.02. The average molecular weight is 250 g/mol. The summed E-state index contributed by atoms with van der Waals surface area (Å²) in [6.45, 7) is 2.62. The summed E-state index contributed by atoms with van der Waals surface area (Å²) in [6, 6.07) is 11.8. The van der Waals surface area contributed by atoms with Gasteiger partial charge in [0.1, 0.15) is 0 Å². The molecule has 1 N–H and O–H groups in total. The second-order valence-corrected chi connectivity index (χ2v) is 4.34. The summed E-state index contributed by atoms with van der Waals surface area (Å²) in [5, 5.41) is 3.33. The van der Waals surface area contributed by atoms with Crippen LogP contribution in [-0.4, -0.2) is 15.0 Å². The van der Waals surface area contributed by atoms with E-state index in [4.69, 9.17) is 0 Å². The van der Waals surface area contributed by atoms with Crippen LogP contribution in [0.1, 0.15) is 11.4 Å². The quantitative estimate of drug-likeness (QED) is 0.776. The van der Waals surface area contributed by atoms with Crippen molar-refractivity contribution >= 4 is 16.7 Å². The molecule has 2 heterocycles. The van der Waals surface area contributed by atoms with E-state index >= 15 is 0 Å². The molecule has 2 aromatic heterocycles. The molecular formula is C15H14N4. The zero-order valence-corrected chi connectivity index (χ0v) is 10.7. The first-order chi connectivity index (χ1) is 9.33. The van der Waals surface area contributed by atoms with Crippen molar-refractivity contribution in [3.63, 3.8) is 0 Å². The Morgan fingerprint density at radius 2 is 1.84 bits per heavy atom. The Balaban J connectivity index is 1.80. The molecule has 4 nitrogen and oxygen atoms in total. The van der Waals surface area contributed by atoms with Crippen LogP contribution in [0, 0.1) is 6.92 Å². The van der Waals surface area contributed by atoms with E-state index in [2.05, 4.69) is 20.3 Å². The zero-order chi connectivity index (χ0) is 13.1. The van der Waals surface area contributed by atoms with E-state index in [0.29, 0.717) is 6.54 Å². The first-order valence-corrected chi connectivity index (χ1v) is 6.19. The number of pyridine rings is 1. The maximum atomic E-state index is 4.57. The molecule has 0 atom stereocenters. The van der Waals surface area contributed by atoms with Gasteiger partial charge >= 0.3 is 0 Å². The minimum atomic E-state index is 0.643. The molecular weight excluding hydrogens is 236 g/mol. The number of aromatic nitrogens is 3. The number of hydrogen-bond donors (Lipinski definition) is 1. The van der Waals surface area contributed by atoms with Crippen LogP contribution in [-0.2, 0) is 6.54 Å². The number of rotatable bonds is 3. The van der Waals surface area contributed by atoms with E-state index in [-0.39, 0.29) is 0 Å². The SMILES string of the molecule is Cc1ncccc1NCc1cnc2ccccc2n1. The summed E-state index contributed by atoms with van der Waals surface area (Å²) in [5.41, 5.74) is 4.77. The van der Waals surface area contributed by atoms with E-state index in [9.17, 15) is 0 Å². The smallest absolute Gasteiger partial charge is 0.0890 e. The van der Waals surface area contributed by atoms with Crippen molar-refractivity contribution in [2.75, 3.05) is 5.32 Å². The van der Waals surface area contributed by atoms with Crippen LogP contribution in [0.5, 0.6) is 0 Å². The van der Waals surface area contributed by atoms with E-state index in [0.717, 1.165) is 28.1 Å². The fourth-order valence-corrected chi connectivity index (χ4v) is 1.94. The highest BCUT2D eigenvalue weighted by molar-refractivity contribution is 5.73. The third-order valence-electron chi connectivity index (χ3n) is 2.97. The van der Waals surface area contributed by atoms with Crippen molar-refractivity contribution in [2.24, 2.45) is 0 Å². The van der Waals surface area contributed by atoms with Gasteiger partial charge in [0.25, 0.3) is 0 Å². The molecule has 0 aliphatic heterocycles. The molecule has 0 saturated carbocycles. The molecule has 3 rings (SSSR count). The number of nitrogens with one attached hydrogen (secondary N) is 1. The van der Waals surface area contributed by atoms with Gasteiger partial charge in [0, 0.05) is 6.20 Å². The number of aryl methyl sites for hydroxylation is 1. The van der Waals surface area contributed by atoms with Crippen LogP contribution in [0.25, 0.3) is 11.0 Å². The highest BCUT2D eigenvalue weighted by Crippen LogP contribution is 2.13. The third-order valence-corrected chi connectivity index (χ3v) is 2.97. The van der Waals surface area contributed by atoms with Gasteiger partial charge in [-0.2, -0.15) is 0 Å². The van der Waals surface area contributed by atoms with E-state index in [1.165, 1.54) is 0 Å². The van der Waals surface area contributed by atoms with Crippen LogP contribution >= 0.6 is 0 Å². The van der Waals surface area contributed by atoms with Crippen molar-refractivity contribution in [3.8, 4) is 0 Å². The summed E-state index contributed by atoms with van der Waals surface area (Å²) in [5.74, 6) is 0. The molecule has 0 radical (unpaired) electrons. The number of para-hydroxylation sites is 2. The average Bonchev–Trinajstić information content (AvgIpc) is 2.46. The summed E-state index contributed by atoms with van der Waals surface area (Å²) in [6.07, 6.45) is 3.59. The number of anilines is 1. The van der Waals surface area contributed by atoms with E-state index in [1.54, 1.807) is 12.4 Å². The van der Waals surface area contributed by atoms with Gasteiger partial charge in [-0.25, -0.2) is 4.98 Å². The summed E-state index contributed by atoms with van der Waals surface area (Å²) < 4.78 is 0. The third kappa shape index (κ3) is 2.52. The maximum absolute atomic E-state index is 4.57. The fourth-order valence-electron chi connectivity index (χ4n) is 1.94. The monoisotopic (exact) mass is 250 g/mol. The Hall–Kier alpha value is -2.49. The molecule has 19 heavy (non-hydrogen) atoms. The van der Waals surface area contributed by atoms with Crippen LogP contribution < -0.4 is 5.32 Å². The first kappa shape index (κ1) is 11.6. The van der Waals surface area contributed by atoms with Gasteiger partial charge in [-0.3, -0.25) is 9.97 Å². The molecule has 94 valence electrons. The lowest BCUT2D eigenvalue weighted by atomic mass is 10.3. The molecule has 0 aliphatic carbocycles. The number of nitrogens with zero attached hydrogens (tertiary/aromatic N) is 3. The molecule has 0 spiro atoms. The van der Waals surface area contributed by atoms with Gasteiger partial charge in [-0.15, -0.1) is 0 Å². The van der Waals surface area contributed by atoms with Crippen molar-refractivity contribution in [1.82, 2.24) is 15.0 Å². The largest absolute Gasteiger partial charge is 0.378 e. The maximum Gasteiger partial charge on any atom is 0.0890 e. The predicted molar refractivity (Wildman–Crippen MR) is 75.8 cm³/mol. The van der Waals surface area contributed by atoms with Gasteiger partial charge < -0.3 is 5.32 Å². The van der Waals surface area contributed by atoms with Crippen molar-refractivity contribution in [2.45, 2.75) is 13.5 Å². The Labute approximate surface area is 111 Å². The Morgan fingerprint density at radius 3 is 2.68 bits per heavy atom. The standard InChI is InChI=1S/C15H14N4/c1-11-13(7-4-8-16-11)17-9-12-10-18-14-5-2-3-6-15(14)19-12/h2-8,10,17H,9H2,1H3. The molecule has 0 saturated heterocycles. The van der Waals surface area contributed by atoms with Gasteiger partial charge in [0.05, 0.1) is 40.9 Å². The molecule has 0 fully saturated rings. The predicted octanol–water partition coefficient (Wildman–Crippen LogP) is 2.95. The summed E-state index contributed by atoms with van der Waals surface area (Å²) in [7, 11) is 0. The van der Waals surface area contributed by atoms with Crippen molar-refractivity contribution in [3.05, 3.63) is 60.2 Å². The molecule has 3 aromatic rings. The van der Waals surface area contributed by atoms with Crippen LogP contribution in [0.2, 0.25) is 0 Å². The lowest BCUT2D eigenvalue weighted by molar-refractivity contribution is 1.03. The minimum Gasteiger partial charge on any atom is -0.378 e. The minimum absolute atomic E-state index is 0.643. The van der Waals surface area contributed by atoms with Gasteiger partial charge in [-0.05, 0) is 31.2 Å². The molecule has 0 aliphatic rings. The topological polar surface area (TPSA) is 50.7 Å². The molecule has 0 bridgehead atoms. The van der Waals surface area contributed by atoms with Gasteiger partial charge in [0.15, 0.2) is 0 Å². The van der Waals surface area contributed by atoms with E-state index in [1.807, 2.05) is 43.3 Å². The zero-order valence-electron chi connectivity index (χ0n) is 10.7. The molecule has 0 unspecified atom stereocenters. The Bertz CT molecular complexity index is 709. The first-order valence-electron chi connectivity index (χ1n) is 6.19. The van der Waals surface area contributed by atoms with Crippen molar-refractivity contribution in [1.29, 1.82) is 0 Å². The van der Waals surface area contributed by atoms with Crippen LogP contribution in [0.15, 0.2) is 48.8 Å². The molecule has 0 amide bonds. The Kier molecular flexibility index (Phi) is 3.06. The molecule has 1 aromatic carbocycles. The number of benzene rings is 1. The van der Waals surface area contributed by atoms with Crippen LogP contribution in [0.4, 0.5) is 5.69 Å². The van der Waals surface area contributed by atoms with Gasteiger partial charge in [0.2, 0.25) is 0 Å². The Morgan fingerprint density at radius 1 is 1.00 bits per heavy atom. The number of hydrogen-bond acceptors (Lipinski definition) is 4. The fraction of sp³-hybridized carbons (Fsp3) is 0.133. The number of fused-ring (bicyclic) bond motifs is 1. The van der Waals surface area contributed by atoms with Gasteiger partial charge in [-0.1, -0.05) is 12.1 Å². The lowest BCUT2D eigenvalue weighted by Crippen LogP contribution is -2.04.